The van der Waals surface area contributed by atoms with Crippen LogP contribution < -0.4 is 5.32 Å². The van der Waals surface area contributed by atoms with E-state index in [2.05, 4.69) is 37.3 Å². The van der Waals surface area contributed by atoms with Crippen molar-refractivity contribution in [2.75, 3.05) is 31.5 Å². The van der Waals surface area contributed by atoms with Gasteiger partial charge in [0.1, 0.15) is 0 Å². The van der Waals surface area contributed by atoms with Crippen molar-refractivity contribution in [1.29, 1.82) is 0 Å². The Morgan fingerprint density at radius 3 is 2.63 bits per heavy atom. The predicted molar refractivity (Wildman–Crippen MR) is 101 cm³/mol. The monoisotopic (exact) mass is 364 g/mol. The molecule has 1 aliphatic heterocycles. The maximum atomic E-state index is 11.9. The number of carbonyl (C=O) groups excluding carboxylic acids is 1. The van der Waals surface area contributed by atoms with Crippen LogP contribution in [0.3, 0.4) is 0 Å². The first-order valence-corrected chi connectivity index (χ1v) is 8.83. The van der Waals surface area contributed by atoms with E-state index >= 15 is 0 Å². The minimum atomic E-state index is -0.576. The molecule has 1 amide bonds. The molecule has 3 aromatic rings. The van der Waals surface area contributed by atoms with Crippen molar-refractivity contribution >= 4 is 22.9 Å². The van der Waals surface area contributed by atoms with Gasteiger partial charge in [0.15, 0.2) is 0 Å². The van der Waals surface area contributed by atoms with Crippen LogP contribution in [0, 0.1) is 0 Å². The van der Waals surface area contributed by atoms with E-state index in [-0.39, 0.29) is 5.95 Å². The van der Waals surface area contributed by atoms with E-state index in [9.17, 15) is 4.79 Å². The molecule has 8 nitrogen and oxygen atoms in total. The Morgan fingerprint density at radius 1 is 1.04 bits per heavy atom. The summed E-state index contributed by atoms with van der Waals surface area (Å²) in [5.41, 5.74) is 2.19. The van der Waals surface area contributed by atoms with Crippen LogP contribution in [0.5, 0.6) is 0 Å². The standard InChI is InChI=1S/C19H20N6O2/c26-19(23-18-20-6-3-7-21-18)27-25-10-8-24(9-11-25)14-15-12-16-4-1-2-5-17(16)22-13-15/h1-7,12-13H,8-11,14H2,(H,20,21,23,26). The summed E-state index contributed by atoms with van der Waals surface area (Å²) < 4.78 is 0. The van der Waals surface area contributed by atoms with Crippen molar-refractivity contribution in [2.45, 2.75) is 6.54 Å². The highest BCUT2D eigenvalue weighted by Crippen LogP contribution is 2.15. The van der Waals surface area contributed by atoms with E-state index in [0.29, 0.717) is 13.1 Å². The Bertz CT molecular complexity index is 912. The van der Waals surface area contributed by atoms with Gasteiger partial charge < -0.3 is 4.84 Å². The van der Waals surface area contributed by atoms with E-state index in [1.807, 2.05) is 24.4 Å². The highest BCUT2D eigenvalue weighted by atomic mass is 16.7. The molecule has 0 bridgehead atoms. The molecular weight excluding hydrogens is 344 g/mol. The number of pyridine rings is 1. The number of nitrogens with one attached hydrogen (secondary N) is 1. The number of para-hydroxylation sites is 1. The zero-order valence-electron chi connectivity index (χ0n) is 14.8. The third kappa shape index (κ3) is 4.55. The minimum absolute atomic E-state index is 0.227. The maximum Gasteiger partial charge on any atom is 0.433 e. The van der Waals surface area contributed by atoms with Crippen LogP contribution in [-0.2, 0) is 11.4 Å². The maximum absolute atomic E-state index is 11.9. The summed E-state index contributed by atoms with van der Waals surface area (Å²) in [6.07, 6.45) is 4.47. The quantitative estimate of drug-likeness (QED) is 0.760. The molecule has 0 unspecified atom stereocenters. The van der Waals surface area contributed by atoms with Gasteiger partial charge in [-0.3, -0.25) is 15.2 Å². The van der Waals surface area contributed by atoms with Crippen molar-refractivity contribution in [1.82, 2.24) is 24.9 Å². The number of benzene rings is 1. The minimum Gasteiger partial charge on any atom is -0.351 e. The SMILES string of the molecule is O=C(Nc1ncccn1)ON1CCN(Cc2cnc3ccccc3c2)CC1. The fourth-order valence-electron chi connectivity index (χ4n) is 3.04. The number of anilines is 1. The lowest BCUT2D eigenvalue weighted by molar-refractivity contribution is -0.119. The number of aromatic nitrogens is 3. The molecule has 2 aromatic heterocycles. The number of hydroxylamine groups is 2. The molecule has 27 heavy (non-hydrogen) atoms. The van der Waals surface area contributed by atoms with Gasteiger partial charge in [-0.15, -0.1) is 5.06 Å². The van der Waals surface area contributed by atoms with Crippen LogP contribution in [0.1, 0.15) is 5.56 Å². The Labute approximate surface area is 156 Å². The van der Waals surface area contributed by atoms with Crippen LogP contribution in [0.15, 0.2) is 55.0 Å². The summed E-state index contributed by atoms with van der Waals surface area (Å²) in [4.78, 5) is 31.9. The summed E-state index contributed by atoms with van der Waals surface area (Å²) in [6.45, 7) is 3.73. The lowest BCUT2D eigenvalue weighted by Gasteiger charge is -2.33. The first-order chi connectivity index (χ1) is 13.3. The highest BCUT2D eigenvalue weighted by Gasteiger charge is 2.20. The molecule has 138 valence electrons. The molecule has 1 saturated heterocycles. The van der Waals surface area contributed by atoms with Crippen molar-refractivity contribution in [3.63, 3.8) is 0 Å². The molecule has 0 atom stereocenters. The summed E-state index contributed by atoms with van der Waals surface area (Å²) in [5.74, 6) is 0.227. The number of hydrogen-bond acceptors (Lipinski definition) is 7. The lowest BCUT2D eigenvalue weighted by Crippen LogP contribution is -2.47. The smallest absolute Gasteiger partial charge is 0.351 e. The zero-order chi connectivity index (χ0) is 18.5. The van der Waals surface area contributed by atoms with Gasteiger partial charge in [0.2, 0.25) is 5.95 Å². The first kappa shape index (κ1) is 17.3. The molecule has 3 heterocycles. The number of fused-ring (bicyclic) bond motifs is 1. The number of hydrogen-bond donors (Lipinski definition) is 1. The van der Waals surface area contributed by atoms with Gasteiger partial charge in [-0.05, 0) is 23.8 Å². The summed E-state index contributed by atoms with van der Waals surface area (Å²) in [5, 5.41) is 5.32. The average molecular weight is 364 g/mol. The van der Waals surface area contributed by atoms with Gasteiger partial charge in [-0.2, -0.15) is 0 Å². The molecule has 4 rings (SSSR count). The summed E-state index contributed by atoms with van der Waals surface area (Å²) in [6, 6.07) is 12.0. The molecule has 0 saturated carbocycles. The molecule has 1 fully saturated rings. The van der Waals surface area contributed by atoms with E-state index in [1.54, 1.807) is 23.5 Å². The predicted octanol–water partition coefficient (Wildman–Crippen LogP) is 2.31. The number of rotatable bonds is 4. The molecule has 8 heteroatoms. The Balaban J connectivity index is 1.26. The van der Waals surface area contributed by atoms with Gasteiger partial charge in [0.05, 0.1) is 5.52 Å². The van der Waals surface area contributed by atoms with Crippen molar-refractivity contribution < 1.29 is 9.63 Å². The molecule has 0 radical (unpaired) electrons. The van der Waals surface area contributed by atoms with Gasteiger partial charge >= 0.3 is 6.09 Å². The van der Waals surface area contributed by atoms with Crippen LogP contribution >= 0.6 is 0 Å². The second-order valence-corrected chi connectivity index (χ2v) is 6.32. The number of piperazine rings is 1. The summed E-state index contributed by atoms with van der Waals surface area (Å²) in [7, 11) is 0. The van der Waals surface area contributed by atoms with E-state index < -0.39 is 6.09 Å². The first-order valence-electron chi connectivity index (χ1n) is 8.83. The third-order valence-electron chi connectivity index (χ3n) is 4.38. The molecule has 0 spiro atoms. The zero-order valence-corrected chi connectivity index (χ0v) is 14.8. The number of carbonyl (C=O) groups is 1. The largest absolute Gasteiger partial charge is 0.433 e. The lowest BCUT2D eigenvalue weighted by atomic mass is 10.1. The normalized spacial score (nSPS) is 15.6. The van der Waals surface area contributed by atoms with E-state index in [4.69, 9.17) is 4.84 Å². The van der Waals surface area contributed by atoms with Crippen molar-refractivity contribution in [3.8, 4) is 0 Å². The fraction of sp³-hybridized carbons (Fsp3) is 0.263. The van der Waals surface area contributed by atoms with Crippen LogP contribution in [0.4, 0.5) is 10.7 Å². The molecule has 0 aliphatic carbocycles. The van der Waals surface area contributed by atoms with Crippen molar-refractivity contribution in [3.05, 3.63) is 60.6 Å². The third-order valence-corrected chi connectivity index (χ3v) is 4.38. The number of nitrogens with zero attached hydrogens (tertiary/aromatic N) is 5. The molecule has 1 aromatic carbocycles. The average Bonchev–Trinajstić information content (AvgIpc) is 2.70. The topological polar surface area (TPSA) is 83.5 Å². The molecular formula is C19H20N6O2. The Morgan fingerprint density at radius 2 is 1.81 bits per heavy atom. The van der Waals surface area contributed by atoms with Gasteiger partial charge in [-0.25, -0.2) is 14.8 Å². The second-order valence-electron chi connectivity index (χ2n) is 6.32. The van der Waals surface area contributed by atoms with Gasteiger partial charge in [0, 0.05) is 56.7 Å². The van der Waals surface area contributed by atoms with Crippen LogP contribution in [0.2, 0.25) is 0 Å². The second kappa shape index (κ2) is 8.07. The highest BCUT2D eigenvalue weighted by molar-refractivity contribution is 5.81. The molecule has 1 N–H and O–H groups in total. The summed E-state index contributed by atoms with van der Waals surface area (Å²) >= 11 is 0. The number of amides is 1. The Hall–Kier alpha value is -3.10. The fourth-order valence-corrected chi connectivity index (χ4v) is 3.04. The van der Waals surface area contributed by atoms with Crippen LogP contribution in [-0.4, -0.2) is 57.2 Å². The van der Waals surface area contributed by atoms with Crippen molar-refractivity contribution in [2.24, 2.45) is 0 Å². The Kier molecular flexibility index (Phi) is 5.17. The van der Waals surface area contributed by atoms with Crippen LogP contribution in [0.25, 0.3) is 10.9 Å². The molecule has 1 aliphatic rings. The van der Waals surface area contributed by atoms with Gasteiger partial charge in [0.25, 0.3) is 0 Å². The van der Waals surface area contributed by atoms with E-state index in [1.165, 1.54) is 5.56 Å². The van der Waals surface area contributed by atoms with Gasteiger partial charge in [-0.1, -0.05) is 18.2 Å². The van der Waals surface area contributed by atoms with E-state index in [0.717, 1.165) is 30.5 Å².